The van der Waals surface area contributed by atoms with Crippen molar-refractivity contribution in [3.63, 3.8) is 0 Å². The largest absolute Gasteiger partial charge is 0.479 e. The predicted octanol–water partition coefficient (Wildman–Crippen LogP) is 2.19. The Bertz CT molecular complexity index is 609. The highest BCUT2D eigenvalue weighted by atomic mass is 16.6. The molecule has 2 rings (SSSR count). The molecule has 0 spiro atoms. The number of nitrogens with zero attached hydrogens (tertiary/aromatic N) is 2. The lowest BCUT2D eigenvalue weighted by atomic mass is 10.2. The average Bonchev–Trinajstić information content (AvgIpc) is 2.82. The minimum atomic E-state index is -0.468. The zero-order valence-corrected chi connectivity index (χ0v) is 11.3. The molecule has 0 aliphatic rings. The highest BCUT2D eigenvalue weighted by Gasteiger charge is 2.16. The second kappa shape index (κ2) is 6.16. The number of aromatic nitrogens is 1. The van der Waals surface area contributed by atoms with Gasteiger partial charge >= 0.3 is 5.69 Å². The summed E-state index contributed by atoms with van der Waals surface area (Å²) in [6, 6.07) is 6.51. The smallest absolute Gasteiger partial charge is 0.310 e. The van der Waals surface area contributed by atoms with Crippen LogP contribution in [0.2, 0.25) is 0 Å². The molecule has 0 fully saturated rings. The van der Waals surface area contributed by atoms with Crippen LogP contribution in [-0.4, -0.2) is 17.1 Å². The van der Waals surface area contributed by atoms with Crippen LogP contribution in [0.25, 0.3) is 0 Å². The molecule has 7 heteroatoms. The van der Waals surface area contributed by atoms with Gasteiger partial charge in [-0.2, -0.15) is 0 Å². The van der Waals surface area contributed by atoms with Crippen molar-refractivity contribution in [2.75, 3.05) is 7.05 Å². The summed E-state index contributed by atoms with van der Waals surface area (Å²) < 4.78 is 10.5. The van der Waals surface area contributed by atoms with Gasteiger partial charge < -0.3 is 14.6 Å². The normalized spacial score (nSPS) is 10.5. The Hall–Kier alpha value is -2.41. The number of aryl methyl sites for hydroxylation is 1. The lowest BCUT2D eigenvalue weighted by molar-refractivity contribution is -0.386. The molecule has 0 aliphatic heterocycles. The Balaban J connectivity index is 2.18. The maximum Gasteiger partial charge on any atom is 0.310 e. The van der Waals surface area contributed by atoms with Crippen LogP contribution in [0.3, 0.4) is 0 Å². The van der Waals surface area contributed by atoms with Crippen LogP contribution < -0.4 is 10.1 Å². The van der Waals surface area contributed by atoms with Crippen molar-refractivity contribution in [3.05, 3.63) is 51.4 Å². The first-order chi connectivity index (χ1) is 9.60. The van der Waals surface area contributed by atoms with Gasteiger partial charge in [-0.1, -0.05) is 11.2 Å². The van der Waals surface area contributed by atoms with Crippen LogP contribution >= 0.6 is 0 Å². The van der Waals surface area contributed by atoms with E-state index < -0.39 is 4.92 Å². The second-order valence-corrected chi connectivity index (χ2v) is 4.31. The van der Waals surface area contributed by atoms with Crippen LogP contribution in [0, 0.1) is 17.0 Å². The summed E-state index contributed by atoms with van der Waals surface area (Å²) in [7, 11) is 1.80. The summed E-state index contributed by atoms with van der Waals surface area (Å²) in [5, 5.41) is 17.7. The zero-order valence-electron chi connectivity index (χ0n) is 11.3. The van der Waals surface area contributed by atoms with Crippen molar-refractivity contribution in [1.29, 1.82) is 0 Å². The molecule has 0 amide bonds. The van der Waals surface area contributed by atoms with Crippen LogP contribution in [0.4, 0.5) is 5.69 Å². The molecule has 0 bridgehead atoms. The molecule has 106 valence electrons. The third-order valence-electron chi connectivity index (χ3n) is 2.65. The fourth-order valence-electron chi connectivity index (χ4n) is 1.77. The molecule has 7 nitrogen and oxygen atoms in total. The summed E-state index contributed by atoms with van der Waals surface area (Å²) in [5.74, 6) is 0.743. The lowest BCUT2D eigenvalue weighted by Crippen LogP contribution is -2.06. The molecule has 1 aromatic carbocycles. The number of rotatable bonds is 6. The standard InChI is InChI=1S/C13H15N3O4/c1-9-5-11(20-15-9)8-19-13-6-10(7-14-2)3-4-12(13)16(17)18/h3-6,14H,7-8H2,1-2H3. The van der Waals surface area contributed by atoms with Crippen LogP contribution in [0.15, 0.2) is 28.8 Å². The molecular formula is C13H15N3O4. The molecule has 0 aliphatic carbocycles. The van der Waals surface area contributed by atoms with Crippen LogP contribution in [-0.2, 0) is 13.2 Å². The van der Waals surface area contributed by atoms with Gasteiger partial charge in [-0.25, -0.2) is 0 Å². The van der Waals surface area contributed by atoms with E-state index in [4.69, 9.17) is 9.26 Å². The van der Waals surface area contributed by atoms with Crippen molar-refractivity contribution < 1.29 is 14.2 Å². The van der Waals surface area contributed by atoms with Gasteiger partial charge in [-0.3, -0.25) is 10.1 Å². The number of nitrogens with one attached hydrogen (secondary N) is 1. The number of benzene rings is 1. The molecule has 1 N–H and O–H groups in total. The summed E-state index contributed by atoms with van der Waals surface area (Å²) in [4.78, 5) is 10.5. The van der Waals surface area contributed by atoms with Crippen molar-refractivity contribution in [2.45, 2.75) is 20.1 Å². The average molecular weight is 277 g/mol. The molecule has 0 unspecified atom stereocenters. The fraction of sp³-hybridized carbons (Fsp3) is 0.308. The Morgan fingerprint density at radius 3 is 2.85 bits per heavy atom. The van der Waals surface area contributed by atoms with Gasteiger partial charge in [0.15, 0.2) is 11.5 Å². The minimum Gasteiger partial charge on any atom is -0.479 e. The SMILES string of the molecule is CNCc1ccc([N+](=O)[O-])c(OCc2cc(C)no2)c1. The number of hydrogen-bond acceptors (Lipinski definition) is 6. The third-order valence-corrected chi connectivity index (χ3v) is 2.65. The van der Waals surface area contributed by atoms with E-state index in [0.29, 0.717) is 12.3 Å². The van der Waals surface area contributed by atoms with Crippen molar-refractivity contribution in [3.8, 4) is 5.75 Å². The van der Waals surface area contributed by atoms with Gasteiger partial charge in [0.2, 0.25) is 0 Å². The first kappa shape index (κ1) is 14.0. The van der Waals surface area contributed by atoms with Gasteiger partial charge in [-0.05, 0) is 25.6 Å². The van der Waals surface area contributed by atoms with E-state index in [0.717, 1.165) is 11.3 Å². The van der Waals surface area contributed by atoms with Crippen molar-refractivity contribution in [2.24, 2.45) is 0 Å². The van der Waals surface area contributed by atoms with Crippen LogP contribution in [0.1, 0.15) is 17.0 Å². The Morgan fingerprint density at radius 1 is 1.45 bits per heavy atom. The van der Waals surface area contributed by atoms with E-state index in [1.54, 1.807) is 32.2 Å². The van der Waals surface area contributed by atoms with Crippen LogP contribution in [0.5, 0.6) is 5.75 Å². The number of nitro benzene ring substituents is 1. The molecule has 0 saturated carbocycles. The fourth-order valence-corrected chi connectivity index (χ4v) is 1.77. The number of nitro groups is 1. The Labute approximate surface area is 115 Å². The topological polar surface area (TPSA) is 90.4 Å². The molecule has 1 aromatic heterocycles. The minimum absolute atomic E-state index is 0.0684. The highest BCUT2D eigenvalue weighted by Crippen LogP contribution is 2.28. The van der Waals surface area contributed by atoms with E-state index in [1.165, 1.54) is 6.07 Å². The van der Waals surface area contributed by atoms with E-state index in [2.05, 4.69) is 10.5 Å². The summed E-state index contributed by atoms with van der Waals surface area (Å²) in [6.45, 7) is 2.50. The number of hydrogen-bond donors (Lipinski definition) is 1. The molecule has 1 heterocycles. The summed E-state index contributed by atoms with van der Waals surface area (Å²) >= 11 is 0. The van der Waals surface area contributed by atoms with Gasteiger partial charge in [-0.15, -0.1) is 0 Å². The van der Waals surface area contributed by atoms with Crippen molar-refractivity contribution >= 4 is 5.69 Å². The molecule has 0 atom stereocenters. The van der Waals surface area contributed by atoms with Gasteiger partial charge in [0.05, 0.1) is 10.6 Å². The first-order valence-electron chi connectivity index (χ1n) is 6.07. The molecule has 20 heavy (non-hydrogen) atoms. The van der Waals surface area contributed by atoms with Gasteiger partial charge in [0, 0.05) is 18.7 Å². The summed E-state index contributed by atoms with van der Waals surface area (Å²) in [6.07, 6.45) is 0. The van der Waals surface area contributed by atoms with E-state index in [9.17, 15) is 10.1 Å². The van der Waals surface area contributed by atoms with E-state index in [-0.39, 0.29) is 18.0 Å². The predicted molar refractivity (Wildman–Crippen MR) is 71.4 cm³/mol. The molecule has 0 saturated heterocycles. The Morgan fingerprint density at radius 2 is 2.25 bits per heavy atom. The monoisotopic (exact) mass is 277 g/mol. The zero-order chi connectivity index (χ0) is 14.5. The first-order valence-corrected chi connectivity index (χ1v) is 6.07. The lowest BCUT2D eigenvalue weighted by Gasteiger charge is -2.07. The van der Waals surface area contributed by atoms with Gasteiger partial charge in [0.25, 0.3) is 0 Å². The Kier molecular flexibility index (Phi) is 4.31. The molecular weight excluding hydrogens is 262 g/mol. The van der Waals surface area contributed by atoms with Crippen molar-refractivity contribution in [1.82, 2.24) is 10.5 Å². The third kappa shape index (κ3) is 3.33. The maximum absolute atomic E-state index is 11.0. The van der Waals surface area contributed by atoms with E-state index in [1.807, 2.05) is 0 Å². The second-order valence-electron chi connectivity index (χ2n) is 4.31. The molecule has 2 aromatic rings. The molecule has 0 radical (unpaired) electrons. The van der Waals surface area contributed by atoms with E-state index >= 15 is 0 Å². The maximum atomic E-state index is 11.0. The number of ether oxygens (including phenoxy) is 1. The van der Waals surface area contributed by atoms with Gasteiger partial charge in [0.1, 0.15) is 6.61 Å². The quantitative estimate of drug-likeness (QED) is 0.643. The summed E-state index contributed by atoms with van der Waals surface area (Å²) in [5.41, 5.74) is 1.57. The highest BCUT2D eigenvalue weighted by molar-refractivity contribution is 5.48.